The summed E-state index contributed by atoms with van der Waals surface area (Å²) in [4.78, 5) is 0. The quantitative estimate of drug-likeness (QED) is 0.901. The van der Waals surface area contributed by atoms with Crippen LogP contribution in [0.15, 0.2) is 16.6 Å². The number of hydrogen-bond donors (Lipinski definition) is 2. The predicted molar refractivity (Wildman–Crippen MR) is 71.4 cm³/mol. The molecule has 0 amide bonds. The van der Waals surface area contributed by atoms with E-state index in [2.05, 4.69) is 35.1 Å². The Morgan fingerprint density at radius 3 is 2.88 bits per heavy atom. The number of likely N-dealkylation sites (N-methyl/N-ethyl adjacent to an activating group) is 1. The molecule has 0 saturated heterocycles. The molecule has 4 heteroatoms. The molecule has 17 heavy (non-hydrogen) atoms. The van der Waals surface area contributed by atoms with Crippen molar-refractivity contribution in [2.75, 3.05) is 13.6 Å². The summed E-state index contributed by atoms with van der Waals surface area (Å²) in [5.41, 5.74) is 1.93. The molecule has 1 aliphatic heterocycles. The number of nitrogens with one attached hydrogen (secondary N) is 1. The average Bonchev–Trinajstić information content (AvgIpc) is 2.53. The molecule has 0 bridgehead atoms. The number of aliphatic hydroxyl groups excluding tert-OH is 1. The number of aliphatic hydroxyl groups is 1. The smallest absolute Gasteiger partial charge is 0.137 e. The average molecular weight is 300 g/mol. The minimum absolute atomic E-state index is 0.155. The zero-order valence-corrected chi connectivity index (χ0v) is 12.0. The standard InChI is InChI=1S/C13H18BrNO2/c1-13(2)6-9-4-8(11(16)7-15-3)5-10(14)12(9)17-13/h4-5,11,15-16H,6-7H2,1-3H3. The van der Waals surface area contributed by atoms with Crippen molar-refractivity contribution in [2.45, 2.75) is 32.0 Å². The summed E-state index contributed by atoms with van der Waals surface area (Å²) in [5.74, 6) is 0.912. The third kappa shape index (κ3) is 2.64. The summed E-state index contributed by atoms with van der Waals surface area (Å²) in [5, 5.41) is 13.0. The van der Waals surface area contributed by atoms with Crippen molar-refractivity contribution in [1.29, 1.82) is 0 Å². The molecule has 1 aromatic rings. The summed E-state index contributed by atoms with van der Waals surface area (Å²) < 4.78 is 6.80. The van der Waals surface area contributed by atoms with E-state index in [0.717, 1.165) is 27.8 Å². The summed E-state index contributed by atoms with van der Waals surface area (Å²) >= 11 is 3.51. The van der Waals surface area contributed by atoms with Crippen molar-refractivity contribution in [3.8, 4) is 5.75 Å². The third-order valence-corrected chi connectivity index (χ3v) is 3.51. The summed E-state index contributed by atoms with van der Waals surface area (Å²) in [7, 11) is 1.83. The summed E-state index contributed by atoms with van der Waals surface area (Å²) in [6.45, 7) is 4.70. The molecule has 1 aromatic carbocycles. The van der Waals surface area contributed by atoms with Gasteiger partial charge in [-0.1, -0.05) is 0 Å². The Balaban J connectivity index is 2.33. The van der Waals surface area contributed by atoms with Crippen LogP contribution in [0.5, 0.6) is 5.75 Å². The zero-order valence-electron chi connectivity index (χ0n) is 10.4. The Kier molecular flexibility index (Phi) is 3.48. The lowest BCUT2D eigenvalue weighted by atomic mass is 9.98. The van der Waals surface area contributed by atoms with E-state index >= 15 is 0 Å². The second-order valence-electron chi connectivity index (χ2n) is 5.10. The number of ether oxygens (including phenoxy) is 1. The van der Waals surface area contributed by atoms with E-state index in [0.29, 0.717) is 6.54 Å². The Hall–Kier alpha value is -0.580. The van der Waals surface area contributed by atoms with Gasteiger partial charge in [0.05, 0.1) is 10.6 Å². The van der Waals surface area contributed by atoms with E-state index in [1.807, 2.05) is 19.2 Å². The highest BCUT2D eigenvalue weighted by Crippen LogP contribution is 2.41. The molecule has 1 heterocycles. The number of benzene rings is 1. The van der Waals surface area contributed by atoms with Crippen LogP contribution in [0.1, 0.15) is 31.1 Å². The Morgan fingerprint density at radius 2 is 2.24 bits per heavy atom. The molecule has 2 N–H and O–H groups in total. The van der Waals surface area contributed by atoms with Gasteiger partial charge >= 0.3 is 0 Å². The van der Waals surface area contributed by atoms with Crippen molar-refractivity contribution < 1.29 is 9.84 Å². The fourth-order valence-electron chi connectivity index (χ4n) is 2.19. The van der Waals surface area contributed by atoms with Crippen molar-refractivity contribution in [1.82, 2.24) is 5.32 Å². The molecule has 1 unspecified atom stereocenters. The zero-order chi connectivity index (χ0) is 12.6. The maximum Gasteiger partial charge on any atom is 0.137 e. The second kappa shape index (κ2) is 4.59. The van der Waals surface area contributed by atoms with E-state index in [9.17, 15) is 5.11 Å². The van der Waals surface area contributed by atoms with Gasteiger partial charge in [0.2, 0.25) is 0 Å². The van der Waals surface area contributed by atoms with Crippen LogP contribution in [0.4, 0.5) is 0 Å². The number of hydrogen-bond acceptors (Lipinski definition) is 3. The maximum absolute atomic E-state index is 9.98. The highest BCUT2D eigenvalue weighted by molar-refractivity contribution is 9.10. The molecule has 3 nitrogen and oxygen atoms in total. The molecular weight excluding hydrogens is 282 g/mol. The lowest BCUT2D eigenvalue weighted by Crippen LogP contribution is -2.24. The van der Waals surface area contributed by atoms with Crippen molar-refractivity contribution >= 4 is 15.9 Å². The Labute approximate surface area is 110 Å². The molecule has 0 radical (unpaired) electrons. The van der Waals surface area contributed by atoms with Crippen LogP contribution >= 0.6 is 15.9 Å². The van der Waals surface area contributed by atoms with Crippen molar-refractivity contribution in [3.63, 3.8) is 0 Å². The van der Waals surface area contributed by atoms with E-state index < -0.39 is 6.10 Å². The summed E-state index contributed by atoms with van der Waals surface area (Å²) in [6, 6.07) is 3.97. The minimum Gasteiger partial charge on any atom is -0.486 e. The van der Waals surface area contributed by atoms with E-state index in [1.54, 1.807) is 0 Å². The predicted octanol–water partition coefficient (Wildman–Crippen LogP) is 2.42. The van der Waals surface area contributed by atoms with Gasteiger partial charge in [-0.05, 0) is 60.1 Å². The Morgan fingerprint density at radius 1 is 1.53 bits per heavy atom. The fourth-order valence-corrected chi connectivity index (χ4v) is 2.79. The van der Waals surface area contributed by atoms with Gasteiger partial charge in [0.15, 0.2) is 0 Å². The van der Waals surface area contributed by atoms with E-state index in [-0.39, 0.29) is 5.60 Å². The van der Waals surface area contributed by atoms with Gasteiger partial charge < -0.3 is 15.2 Å². The van der Waals surface area contributed by atoms with Gasteiger partial charge in [-0.25, -0.2) is 0 Å². The van der Waals surface area contributed by atoms with E-state index in [1.165, 1.54) is 0 Å². The number of rotatable bonds is 3. The van der Waals surface area contributed by atoms with Crippen LogP contribution in [0, 0.1) is 0 Å². The maximum atomic E-state index is 9.98. The number of fused-ring (bicyclic) bond motifs is 1. The first-order valence-electron chi connectivity index (χ1n) is 5.77. The van der Waals surface area contributed by atoms with Gasteiger partial charge in [0, 0.05) is 13.0 Å². The largest absolute Gasteiger partial charge is 0.486 e. The highest BCUT2D eigenvalue weighted by Gasteiger charge is 2.32. The van der Waals surface area contributed by atoms with Crippen LogP contribution in [0.3, 0.4) is 0 Å². The molecule has 94 valence electrons. The minimum atomic E-state index is -0.481. The van der Waals surface area contributed by atoms with Gasteiger partial charge in [-0.15, -0.1) is 0 Å². The van der Waals surface area contributed by atoms with E-state index in [4.69, 9.17) is 4.74 Å². The van der Waals surface area contributed by atoms with Crippen LogP contribution in [-0.4, -0.2) is 24.3 Å². The topological polar surface area (TPSA) is 41.5 Å². The SMILES string of the molecule is CNCC(O)c1cc(Br)c2c(c1)CC(C)(C)O2. The first-order chi connectivity index (χ1) is 7.93. The molecule has 0 spiro atoms. The van der Waals surface area contributed by atoms with Gasteiger partial charge in [0.25, 0.3) is 0 Å². The van der Waals surface area contributed by atoms with Crippen LogP contribution in [0.2, 0.25) is 0 Å². The first kappa shape index (κ1) is 12.9. The molecule has 1 atom stereocenters. The van der Waals surface area contributed by atoms with Gasteiger partial charge in [-0.3, -0.25) is 0 Å². The van der Waals surface area contributed by atoms with Crippen LogP contribution < -0.4 is 10.1 Å². The Bertz CT molecular complexity index is 432. The fraction of sp³-hybridized carbons (Fsp3) is 0.538. The molecule has 0 aliphatic carbocycles. The molecule has 0 aromatic heterocycles. The molecule has 0 fully saturated rings. The molecular formula is C13H18BrNO2. The molecule has 0 saturated carbocycles. The van der Waals surface area contributed by atoms with Gasteiger partial charge in [0.1, 0.15) is 11.4 Å². The normalized spacial score (nSPS) is 18.6. The van der Waals surface area contributed by atoms with Gasteiger partial charge in [-0.2, -0.15) is 0 Å². The third-order valence-electron chi connectivity index (χ3n) is 2.92. The van der Waals surface area contributed by atoms with Crippen molar-refractivity contribution in [2.24, 2.45) is 0 Å². The molecule has 1 aliphatic rings. The molecule has 2 rings (SSSR count). The lowest BCUT2D eigenvalue weighted by Gasteiger charge is -2.17. The summed E-state index contributed by atoms with van der Waals surface area (Å²) in [6.07, 6.45) is 0.395. The van der Waals surface area contributed by atoms with Crippen molar-refractivity contribution in [3.05, 3.63) is 27.7 Å². The number of halogens is 1. The highest BCUT2D eigenvalue weighted by atomic mass is 79.9. The first-order valence-corrected chi connectivity index (χ1v) is 6.56. The van der Waals surface area contributed by atoms with Crippen LogP contribution in [0.25, 0.3) is 0 Å². The van der Waals surface area contributed by atoms with Crippen LogP contribution in [-0.2, 0) is 6.42 Å². The monoisotopic (exact) mass is 299 g/mol. The second-order valence-corrected chi connectivity index (χ2v) is 5.96. The lowest BCUT2D eigenvalue weighted by molar-refractivity contribution is 0.137.